The van der Waals surface area contributed by atoms with E-state index >= 15 is 0 Å². The van der Waals surface area contributed by atoms with Crippen LogP contribution in [0.1, 0.15) is 33.3 Å². The molecule has 0 aromatic heterocycles. The van der Waals surface area contributed by atoms with Crippen LogP contribution in [0, 0.1) is 0 Å². The minimum Gasteiger partial charge on any atom is -0.352 e. The number of alkyl halides is 4. The third kappa shape index (κ3) is 2.96. The molecule has 1 aliphatic rings. The van der Waals surface area contributed by atoms with Crippen LogP contribution in [-0.4, -0.2) is 18.6 Å². The first-order chi connectivity index (χ1) is 8.37. The predicted molar refractivity (Wildman–Crippen MR) is 61.7 cm³/mol. The second-order valence-corrected chi connectivity index (χ2v) is 4.74. The summed E-state index contributed by atoms with van der Waals surface area (Å²) in [4.78, 5) is 11.6. The standard InChI is InChI=1S/C12H11ClF3NO/c13-10(6-12(14,15)16)8-2-1-7-3-4-17-11(18)9(7)5-8/h1-2,5,10H,3-4,6H2,(H,17,18). The normalized spacial score (nSPS) is 17.0. The molecule has 0 radical (unpaired) electrons. The molecule has 1 unspecified atom stereocenters. The molecule has 18 heavy (non-hydrogen) atoms. The Labute approximate surface area is 107 Å². The van der Waals surface area contributed by atoms with Crippen LogP contribution in [0.5, 0.6) is 0 Å². The Morgan fingerprint density at radius 1 is 1.39 bits per heavy atom. The highest BCUT2D eigenvalue weighted by Gasteiger charge is 2.32. The van der Waals surface area contributed by atoms with Gasteiger partial charge in [0, 0.05) is 12.1 Å². The van der Waals surface area contributed by atoms with E-state index in [0.717, 1.165) is 5.56 Å². The van der Waals surface area contributed by atoms with E-state index in [0.29, 0.717) is 24.1 Å². The Morgan fingerprint density at radius 3 is 2.78 bits per heavy atom. The molecule has 98 valence electrons. The third-order valence-corrected chi connectivity index (χ3v) is 3.24. The number of fused-ring (bicyclic) bond motifs is 1. The number of carbonyl (C=O) groups is 1. The summed E-state index contributed by atoms with van der Waals surface area (Å²) in [5.74, 6) is -0.256. The van der Waals surface area contributed by atoms with E-state index in [4.69, 9.17) is 11.6 Å². The van der Waals surface area contributed by atoms with E-state index in [2.05, 4.69) is 5.32 Å². The topological polar surface area (TPSA) is 29.1 Å². The molecule has 1 aromatic rings. The van der Waals surface area contributed by atoms with Crippen molar-refractivity contribution in [3.8, 4) is 0 Å². The van der Waals surface area contributed by atoms with Gasteiger partial charge >= 0.3 is 6.18 Å². The Hall–Kier alpha value is -1.23. The summed E-state index contributed by atoms with van der Waals surface area (Å²) in [5.41, 5.74) is 1.59. The Morgan fingerprint density at radius 2 is 2.11 bits per heavy atom. The van der Waals surface area contributed by atoms with E-state index in [1.807, 2.05) is 0 Å². The SMILES string of the molecule is O=C1NCCc2ccc(C(Cl)CC(F)(F)F)cc21. The fraction of sp³-hybridized carbons (Fsp3) is 0.417. The van der Waals surface area contributed by atoms with Gasteiger partial charge in [-0.05, 0) is 23.6 Å². The number of amides is 1. The molecule has 0 saturated carbocycles. The monoisotopic (exact) mass is 277 g/mol. The van der Waals surface area contributed by atoms with E-state index in [1.54, 1.807) is 12.1 Å². The first kappa shape index (κ1) is 13.2. The summed E-state index contributed by atoms with van der Waals surface area (Å²) in [7, 11) is 0. The number of rotatable bonds is 2. The van der Waals surface area contributed by atoms with Crippen LogP contribution in [0.2, 0.25) is 0 Å². The summed E-state index contributed by atoms with van der Waals surface area (Å²) < 4.78 is 36.7. The zero-order valence-electron chi connectivity index (χ0n) is 9.35. The Balaban J connectivity index is 2.25. The Bertz CT molecular complexity index is 473. The predicted octanol–water partition coefficient (Wildman–Crippen LogP) is 3.20. The molecule has 2 rings (SSSR count). The van der Waals surface area contributed by atoms with Crippen molar-refractivity contribution in [2.45, 2.75) is 24.4 Å². The zero-order valence-corrected chi connectivity index (χ0v) is 10.1. The van der Waals surface area contributed by atoms with Crippen LogP contribution >= 0.6 is 11.6 Å². The smallest absolute Gasteiger partial charge is 0.352 e. The maximum absolute atomic E-state index is 12.2. The second-order valence-electron chi connectivity index (χ2n) is 4.21. The van der Waals surface area contributed by atoms with Crippen molar-refractivity contribution in [1.29, 1.82) is 0 Å². The van der Waals surface area contributed by atoms with E-state index in [-0.39, 0.29) is 5.91 Å². The molecular weight excluding hydrogens is 267 g/mol. The number of hydrogen-bond acceptors (Lipinski definition) is 1. The maximum Gasteiger partial charge on any atom is 0.390 e. The van der Waals surface area contributed by atoms with Gasteiger partial charge in [-0.25, -0.2) is 0 Å². The minimum absolute atomic E-state index is 0.256. The number of benzene rings is 1. The van der Waals surface area contributed by atoms with E-state index in [1.165, 1.54) is 6.07 Å². The van der Waals surface area contributed by atoms with Crippen LogP contribution in [0.25, 0.3) is 0 Å². The summed E-state index contributed by atoms with van der Waals surface area (Å²) in [6.45, 7) is 0.554. The largest absolute Gasteiger partial charge is 0.390 e. The molecular formula is C12H11ClF3NO. The van der Waals surface area contributed by atoms with Crippen LogP contribution in [0.3, 0.4) is 0 Å². The Kier molecular flexibility index (Phi) is 3.52. The molecule has 1 aromatic carbocycles. The quantitative estimate of drug-likeness (QED) is 0.827. The fourth-order valence-corrected chi connectivity index (χ4v) is 2.26. The lowest BCUT2D eigenvalue weighted by Gasteiger charge is -2.19. The molecule has 0 aliphatic carbocycles. The molecule has 2 nitrogen and oxygen atoms in total. The summed E-state index contributed by atoms with van der Waals surface area (Å²) >= 11 is 5.73. The van der Waals surface area contributed by atoms with Crippen LogP contribution < -0.4 is 5.32 Å². The van der Waals surface area contributed by atoms with Gasteiger partial charge in [0.25, 0.3) is 5.91 Å². The summed E-state index contributed by atoms with van der Waals surface area (Å²) in [6.07, 6.45) is -4.73. The summed E-state index contributed by atoms with van der Waals surface area (Å²) in [5, 5.41) is 1.49. The van der Waals surface area contributed by atoms with E-state index in [9.17, 15) is 18.0 Å². The van der Waals surface area contributed by atoms with Gasteiger partial charge in [-0.3, -0.25) is 4.79 Å². The average molecular weight is 278 g/mol. The number of nitrogens with one attached hydrogen (secondary N) is 1. The average Bonchev–Trinajstić information content (AvgIpc) is 2.27. The highest BCUT2D eigenvalue weighted by Crippen LogP contribution is 2.34. The lowest BCUT2D eigenvalue weighted by molar-refractivity contribution is -0.134. The van der Waals surface area contributed by atoms with Crippen molar-refractivity contribution in [2.24, 2.45) is 0 Å². The van der Waals surface area contributed by atoms with Crippen molar-refractivity contribution in [1.82, 2.24) is 5.32 Å². The lowest BCUT2D eigenvalue weighted by Crippen LogP contribution is -2.31. The molecule has 1 atom stereocenters. The summed E-state index contributed by atoms with van der Waals surface area (Å²) in [6, 6.07) is 4.68. The fourth-order valence-electron chi connectivity index (χ4n) is 1.95. The van der Waals surface area contributed by atoms with Gasteiger partial charge < -0.3 is 5.32 Å². The van der Waals surface area contributed by atoms with Gasteiger partial charge in [-0.15, -0.1) is 11.6 Å². The molecule has 0 fully saturated rings. The lowest BCUT2D eigenvalue weighted by atomic mass is 9.96. The van der Waals surface area contributed by atoms with Gasteiger partial charge in [0.05, 0.1) is 11.8 Å². The molecule has 6 heteroatoms. The van der Waals surface area contributed by atoms with Crippen LogP contribution in [0.4, 0.5) is 13.2 Å². The highest BCUT2D eigenvalue weighted by molar-refractivity contribution is 6.20. The third-order valence-electron chi connectivity index (χ3n) is 2.83. The number of carbonyl (C=O) groups excluding carboxylic acids is 1. The highest BCUT2D eigenvalue weighted by atomic mass is 35.5. The van der Waals surface area contributed by atoms with Gasteiger partial charge in [0.15, 0.2) is 0 Å². The van der Waals surface area contributed by atoms with Crippen molar-refractivity contribution in [2.75, 3.05) is 6.54 Å². The zero-order chi connectivity index (χ0) is 13.3. The molecule has 0 bridgehead atoms. The maximum atomic E-state index is 12.2. The van der Waals surface area contributed by atoms with Gasteiger partial charge in [0.2, 0.25) is 0 Å². The van der Waals surface area contributed by atoms with Gasteiger partial charge in [-0.1, -0.05) is 12.1 Å². The van der Waals surface area contributed by atoms with Crippen molar-refractivity contribution in [3.63, 3.8) is 0 Å². The number of hydrogen-bond donors (Lipinski definition) is 1. The molecule has 1 heterocycles. The molecule has 0 spiro atoms. The van der Waals surface area contributed by atoms with E-state index < -0.39 is 18.0 Å². The second kappa shape index (κ2) is 4.80. The first-order valence-electron chi connectivity index (χ1n) is 5.48. The minimum atomic E-state index is -4.31. The molecule has 1 aliphatic heterocycles. The van der Waals surface area contributed by atoms with Crippen LogP contribution in [0.15, 0.2) is 18.2 Å². The van der Waals surface area contributed by atoms with Crippen LogP contribution in [-0.2, 0) is 6.42 Å². The number of halogens is 4. The molecule has 1 amide bonds. The van der Waals surface area contributed by atoms with Crippen molar-refractivity contribution < 1.29 is 18.0 Å². The van der Waals surface area contributed by atoms with Gasteiger partial charge in [-0.2, -0.15) is 13.2 Å². The van der Waals surface area contributed by atoms with Crippen molar-refractivity contribution >= 4 is 17.5 Å². The van der Waals surface area contributed by atoms with Crippen molar-refractivity contribution in [3.05, 3.63) is 34.9 Å². The molecule has 1 N–H and O–H groups in total. The molecule has 0 saturated heterocycles. The van der Waals surface area contributed by atoms with Gasteiger partial charge in [0.1, 0.15) is 0 Å². The first-order valence-corrected chi connectivity index (χ1v) is 5.92.